The minimum absolute atomic E-state index is 0.419. The molecular weight excluding hydrogens is 204 g/mol. The quantitative estimate of drug-likeness (QED) is 0.633. The van der Waals surface area contributed by atoms with Crippen LogP contribution in [-0.2, 0) is 9.47 Å². The molecule has 2 N–H and O–H groups in total. The van der Waals surface area contributed by atoms with E-state index in [0.717, 1.165) is 25.8 Å². The highest BCUT2D eigenvalue weighted by Gasteiger charge is 2.35. The number of nitrogens with zero attached hydrogens (tertiary/aromatic N) is 1. The van der Waals surface area contributed by atoms with Crippen LogP contribution in [0.5, 0.6) is 0 Å². The normalized spacial score (nSPS) is 20.1. The largest absolute Gasteiger partial charge is 0.384 e. The van der Waals surface area contributed by atoms with Crippen molar-refractivity contribution in [3.63, 3.8) is 0 Å². The second-order valence-electron chi connectivity index (χ2n) is 4.70. The highest BCUT2D eigenvalue weighted by molar-refractivity contribution is 4.90. The summed E-state index contributed by atoms with van der Waals surface area (Å²) in [6, 6.07) is 1.14. The van der Waals surface area contributed by atoms with E-state index in [1.807, 2.05) is 0 Å². The molecule has 1 aliphatic carbocycles. The van der Waals surface area contributed by atoms with E-state index in [2.05, 4.69) is 11.8 Å². The molecule has 0 aliphatic heterocycles. The van der Waals surface area contributed by atoms with E-state index in [4.69, 9.17) is 15.2 Å². The lowest BCUT2D eigenvalue weighted by Gasteiger charge is -2.34. The lowest BCUT2D eigenvalue weighted by molar-refractivity contribution is 0.0603. The van der Waals surface area contributed by atoms with Crippen LogP contribution >= 0.6 is 0 Å². The molecule has 1 aliphatic rings. The van der Waals surface area contributed by atoms with Crippen LogP contribution in [0.3, 0.4) is 0 Å². The smallest absolute Gasteiger partial charge is 0.0589 e. The Morgan fingerprint density at radius 1 is 1.31 bits per heavy atom. The van der Waals surface area contributed by atoms with Crippen LogP contribution < -0.4 is 5.73 Å². The molecule has 0 aromatic rings. The molecule has 4 nitrogen and oxygen atoms in total. The fourth-order valence-corrected chi connectivity index (χ4v) is 2.29. The molecular formula is C12H26N2O2. The van der Waals surface area contributed by atoms with E-state index in [0.29, 0.717) is 18.5 Å². The molecule has 0 heterocycles. The summed E-state index contributed by atoms with van der Waals surface area (Å²) >= 11 is 0. The summed E-state index contributed by atoms with van der Waals surface area (Å²) in [5, 5.41) is 0. The van der Waals surface area contributed by atoms with Crippen LogP contribution in [0.2, 0.25) is 0 Å². The van der Waals surface area contributed by atoms with Gasteiger partial charge in [0.1, 0.15) is 0 Å². The molecule has 16 heavy (non-hydrogen) atoms. The summed E-state index contributed by atoms with van der Waals surface area (Å²) < 4.78 is 10.4. The third-order valence-corrected chi connectivity index (χ3v) is 3.32. The first-order valence-corrected chi connectivity index (χ1v) is 6.18. The van der Waals surface area contributed by atoms with Crippen molar-refractivity contribution in [3.05, 3.63) is 0 Å². The molecule has 2 unspecified atom stereocenters. The third-order valence-electron chi connectivity index (χ3n) is 3.32. The highest BCUT2D eigenvalue weighted by Crippen LogP contribution is 2.30. The fraction of sp³-hybridized carbons (Fsp3) is 1.00. The Labute approximate surface area is 99.1 Å². The minimum Gasteiger partial charge on any atom is -0.384 e. The molecule has 96 valence electrons. The van der Waals surface area contributed by atoms with Crippen molar-refractivity contribution in [1.82, 2.24) is 4.90 Å². The molecule has 1 fully saturated rings. The van der Waals surface area contributed by atoms with E-state index in [-0.39, 0.29) is 0 Å². The summed E-state index contributed by atoms with van der Waals surface area (Å²) in [6.07, 6.45) is 2.61. The van der Waals surface area contributed by atoms with Gasteiger partial charge in [0.15, 0.2) is 0 Å². The molecule has 0 radical (unpaired) electrons. The summed E-state index contributed by atoms with van der Waals surface area (Å²) in [5.74, 6) is 0.479. The number of nitrogens with two attached hydrogens (primary N) is 1. The number of ether oxygens (including phenoxy) is 2. The van der Waals surface area contributed by atoms with Crippen LogP contribution in [0, 0.1) is 5.92 Å². The second-order valence-corrected chi connectivity index (χ2v) is 4.70. The van der Waals surface area contributed by atoms with Gasteiger partial charge in [0.05, 0.1) is 13.2 Å². The molecule has 0 bridgehead atoms. The fourth-order valence-electron chi connectivity index (χ4n) is 2.29. The Morgan fingerprint density at radius 3 is 2.44 bits per heavy atom. The van der Waals surface area contributed by atoms with Gasteiger partial charge in [-0.25, -0.2) is 0 Å². The molecule has 0 amide bonds. The number of rotatable bonds is 9. The highest BCUT2D eigenvalue weighted by atomic mass is 16.5. The summed E-state index contributed by atoms with van der Waals surface area (Å²) in [7, 11) is 3.50. The zero-order valence-corrected chi connectivity index (χ0v) is 10.8. The monoisotopic (exact) mass is 230 g/mol. The third kappa shape index (κ3) is 4.01. The average molecular weight is 230 g/mol. The first kappa shape index (κ1) is 13.9. The summed E-state index contributed by atoms with van der Waals surface area (Å²) in [5.41, 5.74) is 5.90. The topological polar surface area (TPSA) is 47.7 Å². The van der Waals surface area contributed by atoms with Gasteiger partial charge in [-0.1, -0.05) is 6.92 Å². The lowest BCUT2D eigenvalue weighted by Crippen LogP contribution is -2.48. The number of methoxy groups -OCH3 is 2. The van der Waals surface area contributed by atoms with Crippen molar-refractivity contribution >= 4 is 0 Å². The van der Waals surface area contributed by atoms with Crippen LogP contribution in [0.1, 0.15) is 19.8 Å². The molecule has 0 aromatic carbocycles. The van der Waals surface area contributed by atoms with E-state index in [1.165, 1.54) is 12.8 Å². The zero-order chi connectivity index (χ0) is 12.0. The Morgan fingerprint density at radius 2 is 2.00 bits per heavy atom. The maximum Gasteiger partial charge on any atom is 0.0589 e. The lowest BCUT2D eigenvalue weighted by atomic mass is 10.0. The van der Waals surface area contributed by atoms with E-state index in [1.54, 1.807) is 14.2 Å². The van der Waals surface area contributed by atoms with Gasteiger partial charge < -0.3 is 15.2 Å². The molecule has 1 saturated carbocycles. The second kappa shape index (κ2) is 7.22. The van der Waals surface area contributed by atoms with Crippen molar-refractivity contribution in [3.8, 4) is 0 Å². The van der Waals surface area contributed by atoms with E-state index < -0.39 is 0 Å². The van der Waals surface area contributed by atoms with Gasteiger partial charge in [-0.05, 0) is 18.8 Å². The Kier molecular flexibility index (Phi) is 6.28. The van der Waals surface area contributed by atoms with Gasteiger partial charge in [0.2, 0.25) is 0 Å². The molecule has 0 aromatic heterocycles. The summed E-state index contributed by atoms with van der Waals surface area (Å²) in [4.78, 5) is 2.51. The Balaban J connectivity index is 2.50. The first-order chi connectivity index (χ1) is 7.74. The van der Waals surface area contributed by atoms with E-state index >= 15 is 0 Å². The Bertz CT molecular complexity index is 186. The molecule has 0 spiro atoms. The zero-order valence-electron chi connectivity index (χ0n) is 10.8. The molecule has 1 rings (SSSR count). The van der Waals surface area contributed by atoms with Gasteiger partial charge >= 0.3 is 0 Å². The van der Waals surface area contributed by atoms with Gasteiger partial charge in [0, 0.05) is 39.4 Å². The number of hydrogen-bond donors (Lipinski definition) is 1. The first-order valence-electron chi connectivity index (χ1n) is 6.18. The van der Waals surface area contributed by atoms with Gasteiger partial charge in [-0.3, -0.25) is 4.90 Å². The predicted octanol–water partition coefficient (Wildman–Crippen LogP) is 0.707. The van der Waals surface area contributed by atoms with Crippen LogP contribution in [0.4, 0.5) is 0 Å². The maximum atomic E-state index is 5.90. The van der Waals surface area contributed by atoms with Gasteiger partial charge in [-0.2, -0.15) is 0 Å². The summed E-state index contributed by atoms with van der Waals surface area (Å²) in [6.45, 7) is 5.45. The average Bonchev–Trinajstić information content (AvgIpc) is 3.08. The van der Waals surface area contributed by atoms with Crippen molar-refractivity contribution in [2.24, 2.45) is 11.7 Å². The van der Waals surface area contributed by atoms with Crippen molar-refractivity contribution in [2.45, 2.75) is 31.8 Å². The standard InChI is InChI=1S/C12H26N2O2/c1-10(9-16-3)12(8-13)14(6-7-15-2)11-4-5-11/h10-12H,4-9,13H2,1-3H3. The van der Waals surface area contributed by atoms with E-state index in [9.17, 15) is 0 Å². The Hall–Kier alpha value is -0.160. The van der Waals surface area contributed by atoms with Gasteiger partial charge in [0.25, 0.3) is 0 Å². The molecule has 0 saturated heterocycles. The van der Waals surface area contributed by atoms with Crippen molar-refractivity contribution in [2.75, 3.05) is 40.5 Å². The van der Waals surface area contributed by atoms with Gasteiger partial charge in [-0.15, -0.1) is 0 Å². The van der Waals surface area contributed by atoms with Crippen molar-refractivity contribution < 1.29 is 9.47 Å². The SMILES string of the molecule is COCCN(C1CC1)C(CN)C(C)COC. The predicted molar refractivity (Wildman–Crippen MR) is 65.5 cm³/mol. The van der Waals surface area contributed by atoms with Crippen LogP contribution in [-0.4, -0.2) is 57.5 Å². The minimum atomic E-state index is 0.419. The maximum absolute atomic E-state index is 5.90. The molecule has 2 atom stereocenters. The molecule has 4 heteroatoms. The number of hydrogen-bond acceptors (Lipinski definition) is 4. The van der Waals surface area contributed by atoms with Crippen molar-refractivity contribution in [1.29, 1.82) is 0 Å². The van der Waals surface area contributed by atoms with Crippen LogP contribution in [0.25, 0.3) is 0 Å². The van der Waals surface area contributed by atoms with Crippen LogP contribution in [0.15, 0.2) is 0 Å².